The molecule has 0 amide bonds. The highest BCUT2D eigenvalue weighted by Gasteiger charge is 2.11. The Morgan fingerprint density at radius 1 is 1.24 bits per heavy atom. The van der Waals surface area contributed by atoms with Crippen molar-refractivity contribution in [3.8, 4) is 0 Å². The van der Waals surface area contributed by atoms with Gasteiger partial charge in [0.15, 0.2) is 0 Å². The molecular formula is C14H19N3. The highest BCUT2D eigenvalue weighted by Crippen LogP contribution is 2.17. The zero-order valence-electron chi connectivity index (χ0n) is 10.5. The van der Waals surface area contributed by atoms with Gasteiger partial charge in [0.05, 0.1) is 5.69 Å². The standard InChI is InChI=1S/C14H19N3/c1-3-7-13-16-12(14(15)17(13)2)10-11-8-5-4-6-9-11/h4-6,8-9H,3,7,10,15H2,1-2H3. The summed E-state index contributed by atoms with van der Waals surface area (Å²) >= 11 is 0. The molecule has 0 fully saturated rings. The van der Waals surface area contributed by atoms with E-state index < -0.39 is 0 Å². The molecule has 0 saturated carbocycles. The van der Waals surface area contributed by atoms with Crippen molar-refractivity contribution in [2.75, 3.05) is 5.73 Å². The molecule has 1 aromatic carbocycles. The molecule has 0 aliphatic rings. The topological polar surface area (TPSA) is 43.8 Å². The summed E-state index contributed by atoms with van der Waals surface area (Å²) in [6.07, 6.45) is 2.88. The van der Waals surface area contributed by atoms with Crippen molar-refractivity contribution in [3.05, 3.63) is 47.4 Å². The average Bonchev–Trinajstić information content (AvgIpc) is 2.60. The highest BCUT2D eigenvalue weighted by atomic mass is 15.1. The lowest BCUT2D eigenvalue weighted by atomic mass is 10.1. The molecule has 1 heterocycles. The first-order valence-electron chi connectivity index (χ1n) is 6.06. The lowest BCUT2D eigenvalue weighted by molar-refractivity contribution is 0.763. The fraction of sp³-hybridized carbons (Fsp3) is 0.357. The molecule has 2 N–H and O–H groups in total. The minimum atomic E-state index is 0.789. The lowest BCUT2D eigenvalue weighted by Gasteiger charge is -2.01. The molecule has 90 valence electrons. The molecular weight excluding hydrogens is 210 g/mol. The number of nitrogen functional groups attached to an aromatic ring is 1. The van der Waals surface area contributed by atoms with E-state index in [1.807, 2.05) is 29.8 Å². The molecule has 0 radical (unpaired) electrons. The van der Waals surface area contributed by atoms with Crippen LogP contribution in [0.15, 0.2) is 30.3 Å². The first-order chi connectivity index (χ1) is 8.22. The monoisotopic (exact) mass is 229 g/mol. The number of aromatic nitrogens is 2. The maximum atomic E-state index is 6.08. The van der Waals surface area contributed by atoms with Crippen LogP contribution >= 0.6 is 0 Å². The van der Waals surface area contributed by atoms with Crippen LogP contribution in [0.5, 0.6) is 0 Å². The minimum Gasteiger partial charge on any atom is -0.384 e. The summed E-state index contributed by atoms with van der Waals surface area (Å²) in [4.78, 5) is 4.63. The number of hydrogen-bond acceptors (Lipinski definition) is 2. The van der Waals surface area contributed by atoms with Crippen molar-refractivity contribution < 1.29 is 0 Å². The fourth-order valence-electron chi connectivity index (χ4n) is 1.99. The summed E-state index contributed by atoms with van der Waals surface area (Å²) < 4.78 is 2.00. The number of nitrogens with two attached hydrogens (primary N) is 1. The van der Waals surface area contributed by atoms with Gasteiger partial charge in [0, 0.05) is 19.9 Å². The second-order valence-electron chi connectivity index (χ2n) is 4.33. The molecule has 2 aromatic rings. The van der Waals surface area contributed by atoms with E-state index in [0.717, 1.165) is 36.6 Å². The predicted molar refractivity (Wildman–Crippen MR) is 70.9 cm³/mol. The third-order valence-electron chi connectivity index (χ3n) is 3.00. The molecule has 0 saturated heterocycles. The Morgan fingerprint density at radius 2 is 1.94 bits per heavy atom. The Balaban J connectivity index is 2.25. The van der Waals surface area contributed by atoms with Crippen molar-refractivity contribution in [1.29, 1.82) is 0 Å². The van der Waals surface area contributed by atoms with Gasteiger partial charge in [-0.25, -0.2) is 4.98 Å². The maximum absolute atomic E-state index is 6.08. The molecule has 0 atom stereocenters. The van der Waals surface area contributed by atoms with Crippen molar-refractivity contribution in [1.82, 2.24) is 9.55 Å². The van der Waals surface area contributed by atoms with Crippen molar-refractivity contribution in [2.24, 2.45) is 7.05 Å². The first kappa shape index (κ1) is 11.7. The zero-order valence-corrected chi connectivity index (χ0v) is 10.5. The molecule has 0 aliphatic heterocycles. The maximum Gasteiger partial charge on any atom is 0.126 e. The van der Waals surface area contributed by atoms with E-state index in [2.05, 4.69) is 24.0 Å². The van der Waals surface area contributed by atoms with Crippen LogP contribution in [0.2, 0.25) is 0 Å². The number of nitrogens with zero attached hydrogens (tertiary/aromatic N) is 2. The minimum absolute atomic E-state index is 0.789. The quantitative estimate of drug-likeness (QED) is 0.875. The molecule has 1 aromatic heterocycles. The average molecular weight is 229 g/mol. The van der Waals surface area contributed by atoms with Crippen LogP contribution in [0.4, 0.5) is 5.82 Å². The third-order valence-corrected chi connectivity index (χ3v) is 3.00. The van der Waals surface area contributed by atoms with Crippen molar-refractivity contribution in [3.63, 3.8) is 0 Å². The number of hydrogen-bond donors (Lipinski definition) is 1. The molecule has 3 nitrogen and oxygen atoms in total. The molecule has 0 aliphatic carbocycles. The van der Waals surface area contributed by atoms with Gasteiger partial charge in [0.2, 0.25) is 0 Å². The molecule has 17 heavy (non-hydrogen) atoms. The zero-order chi connectivity index (χ0) is 12.3. The lowest BCUT2D eigenvalue weighted by Crippen LogP contribution is -2.02. The van der Waals surface area contributed by atoms with Crippen LogP contribution in [0.1, 0.15) is 30.4 Å². The van der Waals surface area contributed by atoms with E-state index in [1.165, 1.54) is 5.56 Å². The van der Waals surface area contributed by atoms with Gasteiger partial charge in [-0.15, -0.1) is 0 Å². The number of benzene rings is 1. The van der Waals surface area contributed by atoms with Crippen molar-refractivity contribution >= 4 is 5.82 Å². The summed E-state index contributed by atoms with van der Waals surface area (Å²) in [6.45, 7) is 2.15. The normalized spacial score (nSPS) is 10.7. The van der Waals surface area contributed by atoms with Gasteiger partial charge in [-0.2, -0.15) is 0 Å². The number of aryl methyl sites for hydroxylation is 1. The number of anilines is 1. The number of imidazole rings is 1. The third kappa shape index (κ3) is 2.49. The Labute approximate surface area is 102 Å². The van der Waals surface area contributed by atoms with Crippen LogP contribution in [0.3, 0.4) is 0 Å². The molecule has 2 rings (SSSR count). The van der Waals surface area contributed by atoms with Gasteiger partial charge in [-0.3, -0.25) is 0 Å². The predicted octanol–water partition coefficient (Wildman–Crippen LogP) is 2.55. The second kappa shape index (κ2) is 5.04. The van der Waals surface area contributed by atoms with E-state index in [0.29, 0.717) is 0 Å². The van der Waals surface area contributed by atoms with E-state index in [4.69, 9.17) is 5.73 Å². The van der Waals surface area contributed by atoms with Crippen molar-refractivity contribution in [2.45, 2.75) is 26.2 Å². The summed E-state index contributed by atoms with van der Waals surface area (Å²) in [7, 11) is 1.99. The van der Waals surface area contributed by atoms with E-state index in [-0.39, 0.29) is 0 Å². The van der Waals surface area contributed by atoms with Gasteiger partial charge in [0.1, 0.15) is 11.6 Å². The van der Waals surface area contributed by atoms with Crippen LogP contribution < -0.4 is 5.73 Å². The molecule has 0 unspecified atom stereocenters. The summed E-state index contributed by atoms with van der Waals surface area (Å²) in [5.74, 6) is 1.87. The van der Waals surface area contributed by atoms with Gasteiger partial charge in [0.25, 0.3) is 0 Å². The summed E-state index contributed by atoms with van der Waals surface area (Å²) in [5.41, 5.74) is 8.32. The van der Waals surface area contributed by atoms with E-state index in [9.17, 15) is 0 Å². The first-order valence-corrected chi connectivity index (χ1v) is 6.06. The SMILES string of the molecule is CCCc1nc(Cc2ccccc2)c(N)n1C. The van der Waals surface area contributed by atoms with Crippen LogP contribution in [0, 0.1) is 0 Å². The highest BCUT2D eigenvalue weighted by molar-refractivity contribution is 5.41. The Morgan fingerprint density at radius 3 is 2.59 bits per heavy atom. The molecule has 0 bridgehead atoms. The summed E-state index contributed by atoms with van der Waals surface area (Å²) in [5, 5.41) is 0. The van der Waals surface area contributed by atoms with Crippen LogP contribution in [0.25, 0.3) is 0 Å². The Kier molecular flexibility index (Phi) is 3.47. The number of rotatable bonds is 4. The fourth-order valence-corrected chi connectivity index (χ4v) is 1.99. The Bertz CT molecular complexity index is 486. The van der Waals surface area contributed by atoms with Crippen LogP contribution in [-0.2, 0) is 19.9 Å². The summed E-state index contributed by atoms with van der Waals surface area (Å²) in [6, 6.07) is 10.3. The van der Waals surface area contributed by atoms with Gasteiger partial charge < -0.3 is 10.3 Å². The van der Waals surface area contributed by atoms with Gasteiger partial charge in [-0.1, -0.05) is 37.3 Å². The Hall–Kier alpha value is -1.77. The van der Waals surface area contributed by atoms with E-state index >= 15 is 0 Å². The van der Waals surface area contributed by atoms with Gasteiger partial charge in [-0.05, 0) is 12.0 Å². The molecule has 3 heteroatoms. The smallest absolute Gasteiger partial charge is 0.126 e. The molecule has 0 spiro atoms. The largest absolute Gasteiger partial charge is 0.384 e. The van der Waals surface area contributed by atoms with Crippen LogP contribution in [-0.4, -0.2) is 9.55 Å². The van der Waals surface area contributed by atoms with Gasteiger partial charge >= 0.3 is 0 Å². The second-order valence-corrected chi connectivity index (χ2v) is 4.33. The van der Waals surface area contributed by atoms with E-state index in [1.54, 1.807) is 0 Å².